The molecule has 0 unspecified atom stereocenters. The van der Waals surface area contributed by atoms with E-state index >= 15 is 0 Å². The summed E-state index contributed by atoms with van der Waals surface area (Å²) < 4.78 is 15.5. The highest BCUT2D eigenvalue weighted by molar-refractivity contribution is 6.05. The predicted molar refractivity (Wildman–Crippen MR) is 264 cm³/mol. The van der Waals surface area contributed by atoms with Crippen LogP contribution in [-0.4, -0.2) is 108 Å². The van der Waals surface area contributed by atoms with Gasteiger partial charge in [0.25, 0.3) is 0 Å². The van der Waals surface area contributed by atoms with Gasteiger partial charge in [-0.25, -0.2) is 14.6 Å². The van der Waals surface area contributed by atoms with E-state index in [9.17, 15) is 19.2 Å². The van der Waals surface area contributed by atoms with Crippen molar-refractivity contribution in [3.63, 3.8) is 0 Å². The molecule has 1 saturated carbocycles. The molecule has 15 heteroatoms. The zero-order valence-corrected chi connectivity index (χ0v) is 40.8. The summed E-state index contributed by atoms with van der Waals surface area (Å²) in [6, 6.07) is 18.3. The highest BCUT2D eigenvalue weighted by atomic mass is 16.5. The van der Waals surface area contributed by atoms with E-state index in [4.69, 9.17) is 24.2 Å². The number of carbonyl (C=O) groups is 4. The van der Waals surface area contributed by atoms with Gasteiger partial charge in [-0.05, 0) is 114 Å². The van der Waals surface area contributed by atoms with Gasteiger partial charge in [0, 0.05) is 24.3 Å². The molecule has 4 fully saturated rings. The minimum Gasteiger partial charge on any atom is -0.453 e. The molecule has 4 aromatic rings. The van der Waals surface area contributed by atoms with E-state index in [1.54, 1.807) is 0 Å². The molecular formula is C54H66N8O7. The normalized spacial score (nSPS) is 21.7. The maximum Gasteiger partial charge on any atom is 0.407 e. The Bertz CT molecular complexity index is 2660. The summed E-state index contributed by atoms with van der Waals surface area (Å²) in [5.74, 6) is 1.03. The molecule has 3 aromatic carbocycles. The molecule has 3 saturated heterocycles. The molecule has 10 rings (SSSR count). The SMILES string of the molecule is COC(=O)N[C@H](C(=O)N1CCC[C@H]1C1=NC2(COC2)c2ccc(-c3ccc(-c4ccc(-c5cnc([C@@H]6CCCN6C(=O)[C@@H](NC(=O)OC)C(C)C)[nH]5)cc4)c4c3CC3(CCCC3)C4)cc2N1)C(C)C. The number of rotatable bonds is 11. The summed E-state index contributed by atoms with van der Waals surface area (Å²) in [6.45, 7) is 9.84. The van der Waals surface area contributed by atoms with Crippen molar-refractivity contribution in [1.29, 1.82) is 0 Å². The second kappa shape index (κ2) is 18.6. The van der Waals surface area contributed by atoms with Crippen LogP contribution in [0, 0.1) is 17.3 Å². The molecule has 2 spiro atoms. The number of anilines is 1. The molecule has 4 aliphatic heterocycles. The van der Waals surface area contributed by atoms with Crippen LogP contribution >= 0.6 is 0 Å². The second-order valence-corrected chi connectivity index (χ2v) is 20.9. The molecule has 364 valence electrons. The largest absolute Gasteiger partial charge is 0.453 e. The summed E-state index contributed by atoms with van der Waals surface area (Å²) in [5, 5.41) is 9.24. The molecule has 69 heavy (non-hydrogen) atoms. The van der Waals surface area contributed by atoms with Crippen LogP contribution in [0.5, 0.6) is 0 Å². The van der Waals surface area contributed by atoms with Crippen molar-refractivity contribution in [3.05, 3.63) is 83.3 Å². The molecule has 0 bridgehead atoms. The van der Waals surface area contributed by atoms with E-state index in [0.717, 1.165) is 78.3 Å². The average Bonchev–Trinajstić information content (AvgIpc) is 4.21. The van der Waals surface area contributed by atoms with Crippen LogP contribution < -0.4 is 16.0 Å². The third-order valence-electron chi connectivity index (χ3n) is 15.9. The molecule has 0 radical (unpaired) electrons. The number of benzene rings is 3. The van der Waals surface area contributed by atoms with E-state index in [1.807, 2.05) is 43.7 Å². The number of methoxy groups -OCH3 is 2. The standard InChI is InChI=1S/C54H66N8O7/c1-31(2)45(58-51(65)67-5)49(63)61-23-9-11-43(61)47-55-28-42(57-47)34-15-13-33(14-16-34)36-18-19-37(39-27-53(26-38(36)39)21-7-8-22-53)35-17-20-40-41(25-35)56-48(60-54(40)29-69-30-54)44-12-10-24-62(44)50(64)46(32(3)4)59-52(66)68-6/h13-20,25,28,31-32,43-46H,7-12,21-24,26-27,29-30H2,1-6H3,(H,55,57)(H,56,60)(H,58,65)(H,59,66)/t43-,44-,45-,46-/m0/s1. The number of alkyl carbamates (subject to hydrolysis) is 2. The number of H-pyrrole nitrogens is 1. The summed E-state index contributed by atoms with van der Waals surface area (Å²) in [5.41, 5.74) is 11.5. The lowest BCUT2D eigenvalue weighted by Crippen LogP contribution is -2.56. The fraction of sp³-hybridized carbons (Fsp3) is 0.519. The molecule has 4 atom stereocenters. The maximum absolute atomic E-state index is 14.1. The molecule has 1 aromatic heterocycles. The number of amides is 4. The Labute approximate surface area is 404 Å². The molecule has 2 aliphatic carbocycles. The summed E-state index contributed by atoms with van der Waals surface area (Å²) in [7, 11) is 2.62. The Morgan fingerprint density at radius 2 is 1.28 bits per heavy atom. The van der Waals surface area contributed by atoms with E-state index in [0.29, 0.717) is 26.3 Å². The third kappa shape index (κ3) is 8.54. The van der Waals surface area contributed by atoms with Crippen LogP contribution in [0.1, 0.15) is 108 Å². The van der Waals surface area contributed by atoms with Crippen molar-refractivity contribution in [2.24, 2.45) is 22.2 Å². The van der Waals surface area contributed by atoms with Crippen molar-refractivity contribution in [3.8, 4) is 33.5 Å². The second-order valence-electron chi connectivity index (χ2n) is 20.9. The number of hydrogen-bond donors (Lipinski definition) is 4. The van der Waals surface area contributed by atoms with Crippen LogP contribution in [-0.2, 0) is 42.2 Å². The highest BCUT2D eigenvalue weighted by Crippen LogP contribution is 2.54. The number of aromatic amines is 1. The number of aliphatic imine (C=N–C) groups is 1. The number of likely N-dealkylation sites (tertiary alicyclic amines) is 2. The van der Waals surface area contributed by atoms with Crippen LogP contribution in [0.4, 0.5) is 15.3 Å². The number of hydrogen-bond acceptors (Lipinski definition) is 10. The minimum atomic E-state index is -0.713. The number of carbonyl (C=O) groups excluding carboxylic acids is 4. The number of nitrogens with zero attached hydrogens (tertiary/aromatic N) is 4. The number of amidine groups is 1. The first kappa shape index (κ1) is 46.5. The van der Waals surface area contributed by atoms with Crippen molar-refractivity contribution in [1.82, 2.24) is 30.4 Å². The van der Waals surface area contributed by atoms with Gasteiger partial charge in [-0.15, -0.1) is 0 Å². The van der Waals surface area contributed by atoms with E-state index in [1.165, 1.54) is 67.7 Å². The van der Waals surface area contributed by atoms with Crippen molar-refractivity contribution in [2.75, 3.05) is 45.8 Å². The maximum atomic E-state index is 14.1. The lowest BCUT2D eigenvalue weighted by atomic mass is 9.82. The summed E-state index contributed by atoms with van der Waals surface area (Å²) >= 11 is 0. The summed E-state index contributed by atoms with van der Waals surface area (Å²) in [6.07, 6.45) is 11.0. The van der Waals surface area contributed by atoms with E-state index < -0.39 is 29.8 Å². The van der Waals surface area contributed by atoms with E-state index in [2.05, 4.69) is 75.5 Å². The van der Waals surface area contributed by atoms with Crippen LogP contribution in [0.3, 0.4) is 0 Å². The lowest BCUT2D eigenvalue weighted by Gasteiger charge is -2.44. The van der Waals surface area contributed by atoms with Gasteiger partial charge in [0.15, 0.2) is 0 Å². The smallest absolute Gasteiger partial charge is 0.407 e. The van der Waals surface area contributed by atoms with Crippen molar-refractivity contribution in [2.45, 2.75) is 122 Å². The number of ether oxygens (including phenoxy) is 3. The lowest BCUT2D eigenvalue weighted by molar-refractivity contribution is -0.135. The van der Waals surface area contributed by atoms with Crippen LogP contribution in [0.15, 0.2) is 65.8 Å². The monoisotopic (exact) mass is 939 g/mol. The minimum absolute atomic E-state index is 0.108. The third-order valence-corrected chi connectivity index (χ3v) is 15.9. The fourth-order valence-corrected chi connectivity index (χ4v) is 12.1. The Hall–Kier alpha value is -6.22. The van der Waals surface area contributed by atoms with Gasteiger partial charge >= 0.3 is 12.2 Å². The highest BCUT2D eigenvalue weighted by Gasteiger charge is 2.48. The van der Waals surface area contributed by atoms with Gasteiger partial charge in [-0.2, -0.15) is 0 Å². The van der Waals surface area contributed by atoms with Gasteiger partial charge in [-0.3, -0.25) is 14.6 Å². The first-order chi connectivity index (χ1) is 33.3. The molecule has 15 nitrogen and oxygen atoms in total. The summed E-state index contributed by atoms with van der Waals surface area (Å²) in [4.78, 5) is 69.6. The van der Waals surface area contributed by atoms with Gasteiger partial charge < -0.3 is 44.9 Å². The predicted octanol–water partition coefficient (Wildman–Crippen LogP) is 8.53. The molecule has 6 aliphatic rings. The molecule has 4 N–H and O–H groups in total. The molecular weight excluding hydrogens is 873 g/mol. The van der Waals surface area contributed by atoms with Gasteiger partial charge in [0.05, 0.1) is 51.4 Å². The fourth-order valence-electron chi connectivity index (χ4n) is 12.1. The van der Waals surface area contributed by atoms with Gasteiger partial charge in [0.2, 0.25) is 11.8 Å². The Balaban J connectivity index is 0.916. The Morgan fingerprint density at radius 3 is 1.84 bits per heavy atom. The topological polar surface area (TPSA) is 180 Å². The van der Waals surface area contributed by atoms with Crippen LogP contribution in [0.25, 0.3) is 33.5 Å². The number of aromatic nitrogens is 2. The zero-order chi connectivity index (χ0) is 48.2. The first-order valence-corrected chi connectivity index (χ1v) is 25.0. The molecule has 5 heterocycles. The molecule has 4 amide bonds. The van der Waals surface area contributed by atoms with Crippen LogP contribution in [0.2, 0.25) is 0 Å². The Morgan fingerprint density at radius 1 is 0.725 bits per heavy atom. The number of nitrogens with one attached hydrogen (secondary N) is 4. The van der Waals surface area contributed by atoms with Crippen molar-refractivity contribution < 1.29 is 33.4 Å². The zero-order valence-electron chi connectivity index (χ0n) is 40.8. The number of imidazole rings is 1. The van der Waals surface area contributed by atoms with Gasteiger partial charge in [-0.1, -0.05) is 89.1 Å². The Kier molecular flexibility index (Phi) is 12.5. The van der Waals surface area contributed by atoms with E-state index in [-0.39, 0.29) is 41.1 Å². The number of fused-ring (bicyclic) bond motifs is 3. The first-order valence-electron chi connectivity index (χ1n) is 25.0. The van der Waals surface area contributed by atoms with Gasteiger partial charge in [0.1, 0.15) is 29.3 Å². The van der Waals surface area contributed by atoms with Crippen molar-refractivity contribution >= 4 is 35.5 Å². The quantitative estimate of drug-likeness (QED) is 0.115. The average molecular weight is 939 g/mol.